The van der Waals surface area contributed by atoms with E-state index in [0.717, 1.165) is 88.7 Å². The maximum atomic E-state index is 11.8. The first kappa shape index (κ1) is 61.5. The number of benzene rings is 3. The number of carbonyl (C=O) groups is 1. The van der Waals surface area contributed by atoms with Crippen molar-refractivity contribution in [3.05, 3.63) is 185 Å². The van der Waals surface area contributed by atoms with E-state index in [1.807, 2.05) is 52.0 Å². The number of fused-ring (bicyclic) bond motifs is 6. The van der Waals surface area contributed by atoms with Gasteiger partial charge in [-0.05, 0) is 119 Å². The largest absolute Gasteiger partial charge is 1.00 e. The summed E-state index contributed by atoms with van der Waals surface area (Å²) < 4.78 is 18.2. The molecule has 13 rings (SSSR count). The molecule has 6 fully saturated rings. The molecule has 14 nitrogen and oxygen atoms in total. The van der Waals surface area contributed by atoms with E-state index in [2.05, 4.69) is 130 Å². The fourth-order valence-corrected chi connectivity index (χ4v) is 12.5. The Morgan fingerprint density at radius 1 is 0.506 bits per heavy atom. The van der Waals surface area contributed by atoms with Gasteiger partial charge in [0.05, 0.1) is 23.1 Å². The van der Waals surface area contributed by atoms with Crippen molar-refractivity contribution in [3.8, 4) is 29.1 Å². The van der Waals surface area contributed by atoms with Crippen LogP contribution in [-0.4, -0.2) is 115 Å². The quantitative estimate of drug-likeness (QED) is 0.0924. The fraction of sp³-hybridized carbons (Fsp3) is 0.422. The number of nitrogens with zero attached hydrogens (tertiary/aromatic N) is 9. The molecule has 0 spiro atoms. The number of likely N-dealkylation sites (tertiary alicyclic amines) is 3. The average molecular weight is 1120 g/mol. The third-order valence-electron chi connectivity index (χ3n) is 16.6. The van der Waals surface area contributed by atoms with Crippen molar-refractivity contribution in [1.82, 2.24) is 44.6 Å². The number of piperidine rings is 3. The summed E-state index contributed by atoms with van der Waals surface area (Å²) in [7, 11) is 0. The second kappa shape index (κ2) is 29.6. The molecular weight excluding hydrogens is 1040 g/mol. The van der Waals surface area contributed by atoms with E-state index in [9.17, 15) is 9.90 Å². The van der Waals surface area contributed by atoms with E-state index in [1.165, 1.54) is 55.0 Å². The molecule has 3 saturated heterocycles. The Labute approximate surface area is 508 Å². The molecule has 3 aliphatic heterocycles. The molecule has 0 amide bonds. The van der Waals surface area contributed by atoms with Crippen LogP contribution in [0.2, 0.25) is 5.15 Å². The van der Waals surface area contributed by atoms with E-state index in [4.69, 9.17) is 25.8 Å². The predicted molar refractivity (Wildman–Crippen MR) is 313 cm³/mol. The van der Waals surface area contributed by atoms with Gasteiger partial charge in [0.25, 0.3) is 0 Å². The van der Waals surface area contributed by atoms with E-state index in [0.29, 0.717) is 81.1 Å². The summed E-state index contributed by atoms with van der Waals surface area (Å²) in [5.41, 5.74) is 7.29. The molecule has 17 heteroatoms. The van der Waals surface area contributed by atoms with Crippen LogP contribution < -0.4 is 43.8 Å². The number of Topliss-reactive ketones (excluding diaryl/α,β-unsaturated/α-hetero) is 1. The Balaban J connectivity index is 0.000000164. The molecule has 7 heterocycles. The van der Waals surface area contributed by atoms with Gasteiger partial charge in [0.15, 0.2) is 11.5 Å². The predicted octanol–water partition coefficient (Wildman–Crippen LogP) is 8.23. The standard InChI is InChI=1S/C25H28N4O2.C14H19NO.C14H17NO.C11H10ClN3O.B.Na.H/c1-17-24(30-22-9-6-12-26-18(22)2)27-16-28-25(17)31-23-20-10-11-21(23)15-29(14-20)13-19-7-4-3-5-8-19;2*16-14-12-6-7-13(14)10-15(9-12)8-11-4-2-1-3-5-11;1-7-10(12)14-6-15-11(7)16-9-4-3-5-13-8(9)2;;;/h3-9,12,16,20-21,23H,10-11,13-15H2,1-2H3;1-5,12-14,16H,6-10H2;1-5,12-13H,6-10H2;3-6H,1-2H3;;;/q;;;;;+1;-1. The third kappa shape index (κ3) is 16.1. The maximum Gasteiger partial charge on any atom is 1.00 e. The summed E-state index contributed by atoms with van der Waals surface area (Å²) in [5.74, 6) is 6.30. The first-order valence-electron chi connectivity index (χ1n) is 28.2. The molecule has 7 aromatic rings. The van der Waals surface area contributed by atoms with Gasteiger partial charge in [0.2, 0.25) is 17.6 Å². The number of aryl methyl sites for hydroxylation is 2. The van der Waals surface area contributed by atoms with Crippen molar-refractivity contribution < 1.29 is 55.1 Å². The minimum absolute atomic E-state index is 0. The first-order valence-corrected chi connectivity index (χ1v) is 28.5. The number of rotatable bonds is 12. The van der Waals surface area contributed by atoms with Crippen molar-refractivity contribution in [1.29, 1.82) is 0 Å². The smallest absolute Gasteiger partial charge is 1.00 e. The molecule has 417 valence electrons. The number of pyridine rings is 2. The average Bonchev–Trinajstić information content (AvgIpc) is 4.01. The molecule has 3 saturated carbocycles. The molecule has 6 atom stereocenters. The molecule has 81 heavy (non-hydrogen) atoms. The number of aliphatic hydroxyl groups excluding tert-OH is 1. The summed E-state index contributed by atoms with van der Waals surface area (Å²) in [6.07, 6.45) is 13.6. The minimum atomic E-state index is -0.0213. The Kier molecular flexibility index (Phi) is 22.4. The molecular formula is C64H75BClN9NaO5. The normalized spacial score (nSPS) is 23.4. The Hall–Kier alpha value is -5.62. The van der Waals surface area contributed by atoms with E-state index >= 15 is 0 Å². The zero-order valence-corrected chi connectivity index (χ0v) is 50.3. The van der Waals surface area contributed by atoms with Crippen molar-refractivity contribution in [2.45, 2.75) is 98.1 Å². The number of hydrogen-bond donors (Lipinski definition) is 1. The number of hydrogen-bond acceptors (Lipinski definition) is 14. The molecule has 6 aliphatic rings. The Morgan fingerprint density at radius 3 is 1.36 bits per heavy atom. The molecule has 6 bridgehead atoms. The molecule has 6 unspecified atom stereocenters. The minimum Gasteiger partial charge on any atom is -1.00 e. The van der Waals surface area contributed by atoms with Gasteiger partial charge in [-0.1, -0.05) is 103 Å². The van der Waals surface area contributed by atoms with Gasteiger partial charge in [0.1, 0.15) is 29.7 Å². The van der Waals surface area contributed by atoms with Gasteiger partial charge in [-0.15, -0.1) is 0 Å². The number of aliphatic hydroxyl groups is 1. The van der Waals surface area contributed by atoms with Gasteiger partial charge < -0.3 is 20.7 Å². The van der Waals surface area contributed by atoms with Crippen LogP contribution in [0.25, 0.3) is 0 Å². The second-order valence-electron chi connectivity index (χ2n) is 22.3. The van der Waals surface area contributed by atoms with Gasteiger partial charge in [0, 0.05) is 109 Å². The number of ether oxygens (including phenoxy) is 3. The topological polar surface area (TPSA) is 152 Å². The van der Waals surface area contributed by atoms with E-state index in [-0.39, 0.29) is 51.6 Å². The van der Waals surface area contributed by atoms with Crippen LogP contribution in [0.5, 0.6) is 29.1 Å². The number of carbonyl (C=O) groups excluding carboxylic acids is 1. The summed E-state index contributed by atoms with van der Waals surface area (Å²) >= 11 is 5.87. The van der Waals surface area contributed by atoms with Crippen molar-refractivity contribution in [2.24, 2.45) is 35.5 Å². The number of aromatic nitrogens is 6. The molecule has 4 aromatic heterocycles. The summed E-state index contributed by atoms with van der Waals surface area (Å²) in [6.45, 7) is 16.9. The van der Waals surface area contributed by atoms with Crippen LogP contribution >= 0.6 is 11.6 Å². The van der Waals surface area contributed by atoms with Gasteiger partial charge in [-0.2, -0.15) is 0 Å². The Morgan fingerprint density at radius 2 is 0.901 bits per heavy atom. The summed E-state index contributed by atoms with van der Waals surface area (Å²) in [6, 6.07) is 39.3. The van der Waals surface area contributed by atoms with Crippen LogP contribution in [-0.2, 0) is 24.4 Å². The molecule has 3 aromatic carbocycles. The van der Waals surface area contributed by atoms with Gasteiger partial charge in [-0.3, -0.25) is 29.5 Å². The molecule has 1 N–H and O–H groups in total. The van der Waals surface area contributed by atoms with Crippen LogP contribution in [0.3, 0.4) is 0 Å². The van der Waals surface area contributed by atoms with Crippen LogP contribution in [0.1, 0.15) is 79.2 Å². The first-order chi connectivity index (χ1) is 38.5. The monoisotopic (exact) mass is 1120 g/mol. The SMILES string of the molecule is Cc1ncccc1Oc1ncnc(Cl)c1C.Cc1ncccc1Oc1ncnc(OC2C3CCC2CN(Cc2ccccc2)C3)c1C.O=C1C2CCC1CN(Cc1ccccc1)C2.OC1C2CCC1CN(Cc1ccccc1)C2.[B].[H-].[Na+]. The van der Waals surface area contributed by atoms with E-state index in [1.54, 1.807) is 18.5 Å². The molecule has 3 aliphatic carbocycles. The van der Waals surface area contributed by atoms with Crippen LogP contribution in [0.4, 0.5) is 0 Å². The summed E-state index contributed by atoms with van der Waals surface area (Å²) in [5, 5.41) is 10.4. The van der Waals surface area contributed by atoms with Crippen LogP contribution in [0, 0.1) is 63.2 Å². The van der Waals surface area contributed by atoms with E-state index < -0.39 is 0 Å². The fourth-order valence-electron chi connectivity index (χ4n) is 12.4. The number of halogens is 1. The number of ketones is 1. The molecule has 3 radical (unpaired) electrons. The Bertz CT molecular complexity index is 3070. The van der Waals surface area contributed by atoms with Gasteiger partial charge in [-0.25, -0.2) is 19.9 Å². The zero-order chi connectivity index (χ0) is 54.7. The van der Waals surface area contributed by atoms with Crippen molar-refractivity contribution in [3.63, 3.8) is 0 Å². The van der Waals surface area contributed by atoms with Crippen molar-refractivity contribution >= 4 is 25.8 Å². The third-order valence-corrected chi connectivity index (χ3v) is 17.0. The summed E-state index contributed by atoms with van der Waals surface area (Å²) in [4.78, 5) is 44.3. The van der Waals surface area contributed by atoms with Crippen molar-refractivity contribution in [2.75, 3.05) is 39.3 Å². The van der Waals surface area contributed by atoms with Crippen LogP contribution in [0.15, 0.2) is 140 Å². The second-order valence-corrected chi connectivity index (χ2v) is 22.6. The zero-order valence-electron chi connectivity index (χ0n) is 48.6. The maximum absolute atomic E-state index is 11.8. The van der Waals surface area contributed by atoms with Gasteiger partial charge >= 0.3 is 29.6 Å².